The molecule has 4 heteroatoms. The fourth-order valence-corrected chi connectivity index (χ4v) is 0.836. The molecule has 1 heterocycles. The number of pyridine rings is 1. The lowest BCUT2D eigenvalue weighted by Crippen LogP contribution is -2.43. The van der Waals surface area contributed by atoms with Crippen LogP contribution in [0, 0.1) is 0 Å². The first-order chi connectivity index (χ1) is 5.88. The maximum Gasteiger partial charge on any atom is 0.418 e. The Morgan fingerprint density at radius 1 is 1.50 bits per heavy atom. The summed E-state index contributed by atoms with van der Waals surface area (Å²) in [5, 5.41) is 8.52. The van der Waals surface area contributed by atoms with E-state index in [4.69, 9.17) is 14.7 Å². The average Bonchev–Trinajstić information content (AvgIpc) is 2.09. The molecule has 0 radical (unpaired) electrons. The summed E-state index contributed by atoms with van der Waals surface area (Å²) in [5.74, 6) is 0.488. The molecule has 0 saturated carbocycles. The highest BCUT2D eigenvalue weighted by Crippen LogP contribution is 1.99. The third-order valence-electron chi connectivity index (χ3n) is 1.27. The summed E-state index contributed by atoms with van der Waals surface area (Å²) in [5.41, 5.74) is 0. The van der Waals surface area contributed by atoms with Crippen molar-refractivity contribution in [2.45, 2.75) is 6.92 Å². The molecule has 0 unspecified atom stereocenters. The van der Waals surface area contributed by atoms with E-state index in [0.29, 0.717) is 12.5 Å². The van der Waals surface area contributed by atoms with E-state index in [-0.39, 0.29) is 6.79 Å². The van der Waals surface area contributed by atoms with Crippen molar-refractivity contribution in [2.24, 2.45) is 0 Å². The second kappa shape index (κ2) is 4.56. The number of aliphatic hydroxyl groups is 1. The van der Waals surface area contributed by atoms with Gasteiger partial charge >= 0.3 is 5.88 Å². The van der Waals surface area contributed by atoms with Crippen molar-refractivity contribution in [2.75, 3.05) is 13.4 Å². The van der Waals surface area contributed by atoms with Gasteiger partial charge < -0.3 is 9.84 Å². The van der Waals surface area contributed by atoms with Crippen molar-refractivity contribution < 1.29 is 19.4 Å². The van der Waals surface area contributed by atoms with Crippen LogP contribution in [0.15, 0.2) is 24.4 Å². The largest absolute Gasteiger partial charge is 0.418 e. The van der Waals surface area contributed by atoms with Crippen LogP contribution in [-0.2, 0) is 0 Å². The molecule has 0 saturated heterocycles. The first-order valence-corrected chi connectivity index (χ1v) is 3.76. The van der Waals surface area contributed by atoms with Gasteiger partial charge in [-0.1, -0.05) is 0 Å². The normalized spacial score (nSPS) is 9.50. The number of aliphatic hydroxyl groups excluding tert-OH is 1. The molecule has 0 atom stereocenters. The summed E-state index contributed by atoms with van der Waals surface area (Å²) in [6, 6.07) is 5.34. The van der Waals surface area contributed by atoms with E-state index in [1.54, 1.807) is 18.3 Å². The first kappa shape index (κ1) is 8.80. The van der Waals surface area contributed by atoms with Gasteiger partial charge in [-0.3, -0.25) is 4.84 Å². The number of aromatic nitrogens is 1. The van der Waals surface area contributed by atoms with Gasteiger partial charge in [-0.15, -0.1) is 0 Å². The standard InChI is InChI=1S/C8H12NO3/c1-2-12-9-6-4-3-5-8(9)11-7-10/h3-6,10H,2,7H2,1H3/q+1. The molecule has 0 spiro atoms. The quantitative estimate of drug-likeness (QED) is 0.500. The highest BCUT2D eigenvalue weighted by atomic mass is 16.7. The fourth-order valence-electron chi connectivity index (χ4n) is 0.836. The monoisotopic (exact) mass is 170 g/mol. The molecular formula is C8H12NO3+. The van der Waals surface area contributed by atoms with Crippen molar-refractivity contribution in [1.82, 2.24) is 0 Å². The van der Waals surface area contributed by atoms with Crippen molar-refractivity contribution in [3.05, 3.63) is 24.4 Å². The lowest BCUT2D eigenvalue weighted by molar-refractivity contribution is -0.892. The Kier molecular flexibility index (Phi) is 3.35. The summed E-state index contributed by atoms with van der Waals surface area (Å²) in [6.45, 7) is 2.08. The number of rotatable bonds is 4. The highest BCUT2D eigenvalue weighted by molar-refractivity contribution is 5.01. The van der Waals surface area contributed by atoms with Gasteiger partial charge in [0, 0.05) is 10.8 Å². The van der Waals surface area contributed by atoms with E-state index in [2.05, 4.69) is 0 Å². The predicted molar refractivity (Wildman–Crippen MR) is 41.5 cm³/mol. The van der Waals surface area contributed by atoms with Gasteiger partial charge in [0.15, 0.2) is 13.4 Å². The lowest BCUT2D eigenvalue weighted by Gasteiger charge is -1.99. The maximum absolute atomic E-state index is 8.52. The molecule has 1 aromatic rings. The van der Waals surface area contributed by atoms with Crippen LogP contribution in [0.3, 0.4) is 0 Å². The van der Waals surface area contributed by atoms with Crippen molar-refractivity contribution >= 4 is 0 Å². The summed E-state index contributed by atoms with van der Waals surface area (Å²) in [4.78, 5) is 5.17. The molecule has 1 N–H and O–H groups in total. The minimum absolute atomic E-state index is 0.350. The van der Waals surface area contributed by atoms with Gasteiger partial charge in [0.25, 0.3) is 0 Å². The van der Waals surface area contributed by atoms with Gasteiger partial charge in [-0.2, -0.15) is 0 Å². The number of hydrogen-bond donors (Lipinski definition) is 1. The van der Waals surface area contributed by atoms with Crippen molar-refractivity contribution in [3.8, 4) is 5.88 Å². The van der Waals surface area contributed by atoms with Crippen LogP contribution >= 0.6 is 0 Å². The van der Waals surface area contributed by atoms with Crippen molar-refractivity contribution in [1.29, 1.82) is 0 Å². The molecule has 1 aromatic heterocycles. The summed E-state index contributed by atoms with van der Waals surface area (Å²) in [7, 11) is 0. The molecular weight excluding hydrogens is 158 g/mol. The van der Waals surface area contributed by atoms with Crippen LogP contribution in [0.25, 0.3) is 0 Å². The molecule has 4 nitrogen and oxygen atoms in total. The maximum atomic E-state index is 8.52. The Bertz CT molecular complexity index is 214. The lowest BCUT2D eigenvalue weighted by atomic mass is 10.5. The van der Waals surface area contributed by atoms with E-state index in [0.717, 1.165) is 0 Å². The number of ether oxygens (including phenoxy) is 1. The first-order valence-electron chi connectivity index (χ1n) is 3.76. The molecule has 0 aliphatic rings. The molecule has 12 heavy (non-hydrogen) atoms. The summed E-state index contributed by atoms with van der Waals surface area (Å²) < 4.78 is 6.35. The number of nitrogens with zero attached hydrogens (tertiary/aromatic N) is 1. The molecule has 66 valence electrons. The second-order valence-corrected chi connectivity index (χ2v) is 2.06. The van der Waals surface area contributed by atoms with Gasteiger partial charge in [-0.25, -0.2) is 0 Å². The second-order valence-electron chi connectivity index (χ2n) is 2.06. The Balaban J connectivity index is 2.77. The third kappa shape index (κ3) is 2.10. The van der Waals surface area contributed by atoms with Gasteiger partial charge in [0.1, 0.15) is 0 Å². The van der Waals surface area contributed by atoms with E-state index in [1.165, 1.54) is 4.73 Å². The zero-order chi connectivity index (χ0) is 8.81. The van der Waals surface area contributed by atoms with Gasteiger partial charge in [-0.05, 0) is 13.0 Å². The zero-order valence-corrected chi connectivity index (χ0v) is 6.93. The van der Waals surface area contributed by atoms with Crippen molar-refractivity contribution in [3.63, 3.8) is 0 Å². The Morgan fingerprint density at radius 3 is 3.00 bits per heavy atom. The van der Waals surface area contributed by atoms with Crippen LogP contribution in [-0.4, -0.2) is 18.5 Å². The molecule has 1 rings (SSSR count). The topological polar surface area (TPSA) is 42.6 Å². The Labute approximate surface area is 70.9 Å². The third-order valence-corrected chi connectivity index (χ3v) is 1.27. The van der Waals surface area contributed by atoms with Crippen LogP contribution in [0.4, 0.5) is 0 Å². The Morgan fingerprint density at radius 2 is 2.33 bits per heavy atom. The molecule has 0 aliphatic carbocycles. The highest BCUT2D eigenvalue weighted by Gasteiger charge is 2.10. The molecule has 0 aromatic carbocycles. The van der Waals surface area contributed by atoms with Crippen LogP contribution < -0.4 is 14.3 Å². The van der Waals surface area contributed by atoms with Gasteiger partial charge in [0.2, 0.25) is 6.20 Å². The Hall–Kier alpha value is -1.29. The zero-order valence-electron chi connectivity index (χ0n) is 6.93. The summed E-state index contributed by atoms with van der Waals surface area (Å²) >= 11 is 0. The molecule has 0 amide bonds. The van der Waals surface area contributed by atoms with Gasteiger partial charge in [0.05, 0.1) is 6.07 Å². The fraction of sp³-hybridized carbons (Fsp3) is 0.375. The van der Waals surface area contributed by atoms with Crippen LogP contribution in [0.5, 0.6) is 5.88 Å². The predicted octanol–water partition coefficient (Wildman–Crippen LogP) is -0.249. The SMILES string of the molecule is CCO[n+]1ccccc1OCO. The van der Waals surface area contributed by atoms with Crippen LogP contribution in [0.1, 0.15) is 6.92 Å². The smallest absolute Gasteiger partial charge is 0.414 e. The van der Waals surface area contributed by atoms with E-state index < -0.39 is 0 Å². The van der Waals surface area contributed by atoms with E-state index in [1.807, 2.05) is 13.0 Å². The van der Waals surface area contributed by atoms with E-state index >= 15 is 0 Å². The average molecular weight is 170 g/mol. The number of hydrogen-bond acceptors (Lipinski definition) is 3. The molecule has 0 bridgehead atoms. The minimum atomic E-state index is -0.350. The molecule has 0 fully saturated rings. The summed E-state index contributed by atoms with van der Waals surface area (Å²) in [6.07, 6.45) is 1.72. The van der Waals surface area contributed by atoms with Crippen LogP contribution in [0.2, 0.25) is 0 Å². The minimum Gasteiger partial charge on any atom is -0.414 e. The van der Waals surface area contributed by atoms with E-state index in [9.17, 15) is 0 Å². The molecule has 0 aliphatic heterocycles.